The van der Waals surface area contributed by atoms with Crippen molar-refractivity contribution in [1.82, 2.24) is 15.1 Å². The summed E-state index contributed by atoms with van der Waals surface area (Å²) in [6.07, 6.45) is 0. The Hall–Kier alpha value is -2.43. The minimum absolute atomic E-state index is 0.0198. The van der Waals surface area contributed by atoms with E-state index < -0.39 is 0 Å². The standard InChI is InChI=1S/C14H15N3O2/c1-10(2)15-14(19)12-8-9-13(18)17(16-12)11-6-4-3-5-7-11/h3-10H,1-2H3,(H,15,19). The van der Waals surface area contributed by atoms with E-state index in [-0.39, 0.29) is 23.2 Å². The molecule has 1 amide bonds. The first-order valence-corrected chi connectivity index (χ1v) is 6.04. The molecule has 0 unspecified atom stereocenters. The summed E-state index contributed by atoms with van der Waals surface area (Å²) in [4.78, 5) is 23.6. The zero-order valence-electron chi connectivity index (χ0n) is 10.8. The van der Waals surface area contributed by atoms with Gasteiger partial charge in [-0.2, -0.15) is 9.78 Å². The predicted octanol–water partition coefficient (Wildman–Crippen LogP) is 1.37. The second kappa shape index (κ2) is 5.48. The van der Waals surface area contributed by atoms with Gasteiger partial charge in [-0.15, -0.1) is 0 Å². The number of amides is 1. The van der Waals surface area contributed by atoms with E-state index in [4.69, 9.17) is 0 Å². The number of hydrogen-bond donors (Lipinski definition) is 1. The lowest BCUT2D eigenvalue weighted by Gasteiger charge is -2.09. The Morgan fingerprint density at radius 2 is 1.84 bits per heavy atom. The van der Waals surface area contributed by atoms with E-state index in [0.29, 0.717) is 5.69 Å². The molecule has 0 bridgehead atoms. The quantitative estimate of drug-likeness (QED) is 0.903. The Bertz CT molecular complexity index is 633. The van der Waals surface area contributed by atoms with Crippen molar-refractivity contribution in [3.05, 3.63) is 58.5 Å². The molecule has 5 nitrogen and oxygen atoms in total. The average molecular weight is 257 g/mol. The van der Waals surface area contributed by atoms with Crippen LogP contribution in [0.4, 0.5) is 0 Å². The van der Waals surface area contributed by atoms with Crippen molar-refractivity contribution in [2.24, 2.45) is 0 Å². The SMILES string of the molecule is CC(C)NC(=O)c1ccc(=O)n(-c2ccccc2)n1. The van der Waals surface area contributed by atoms with Crippen molar-refractivity contribution >= 4 is 5.91 Å². The molecular weight excluding hydrogens is 242 g/mol. The maximum absolute atomic E-state index is 11.9. The van der Waals surface area contributed by atoms with E-state index in [1.54, 1.807) is 12.1 Å². The first-order valence-electron chi connectivity index (χ1n) is 6.04. The van der Waals surface area contributed by atoms with Gasteiger partial charge in [0, 0.05) is 12.1 Å². The molecule has 1 aromatic carbocycles. The largest absolute Gasteiger partial charge is 0.348 e. The number of para-hydroxylation sites is 1. The van der Waals surface area contributed by atoms with Crippen LogP contribution in [0.1, 0.15) is 24.3 Å². The second-order valence-electron chi connectivity index (χ2n) is 4.43. The number of carbonyl (C=O) groups excluding carboxylic acids is 1. The number of nitrogens with one attached hydrogen (secondary N) is 1. The fourth-order valence-electron chi connectivity index (χ4n) is 1.62. The summed E-state index contributed by atoms with van der Waals surface area (Å²) in [6, 6.07) is 11.8. The van der Waals surface area contributed by atoms with Crippen molar-refractivity contribution in [1.29, 1.82) is 0 Å². The zero-order valence-corrected chi connectivity index (χ0v) is 10.8. The summed E-state index contributed by atoms with van der Waals surface area (Å²) in [5.74, 6) is -0.292. The van der Waals surface area contributed by atoms with E-state index in [1.165, 1.54) is 16.8 Å². The van der Waals surface area contributed by atoms with Crippen LogP contribution >= 0.6 is 0 Å². The molecule has 0 spiro atoms. The van der Waals surface area contributed by atoms with Gasteiger partial charge in [0.2, 0.25) is 0 Å². The van der Waals surface area contributed by atoms with Crippen LogP contribution in [-0.4, -0.2) is 21.7 Å². The Morgan fingerprint density at radius 3 is 2.47 bits per heavy atom. The number of rotatable bonds is 3. The number of hydrogen-bond acceptors (Lipinski definition) is 3. The van der Waals surface area contributed by atoms with Gasteiger partial charge in [0.1, 0.15) is 5.69 Å². The summed E-state index contributed by atoms with van der Waals surface area (Å²) in [5, 5.41) is 6.83. The van der Waals surface area contributed by atoms with E-state index in [9.17, 15) is 9.59 Å². The molecule has 2 aromatic rings. The molecule has 0 saturated carbocycles. The molecular formula is C14H15N3O2. The minimum Gasteiger partial charge on any atom is -0.348 e. The van der Waals surface area contributed by atoms with Gasteiger partial charge in [0.25, 0.3) is 11.5 Å². The zero-order chi connectivity index (χ0) is 13.8. The Labute approximate surface area is 110 Å². The monoisotopic (exact) mass is 257 g/mol. The molecule has 19 heavy (non-hydrogen) atoms. The molecule has 1 aromatic heterocycles. The van der Waals surface area contributed by atoms with Crippen LogP contribution in [0.2, 0.25) is 0 Å². The van der Waals surface area contributed by atoms with E-state index in [2.05, 4.69) is 10.4 Å². The van der Waals surface area contributed by atoms with Crippen LogP contribution in [0.25, 0.3) is 5.69 Å². The van der Waals surface area contributed by atoms with Gasteiger partial charge in [-0.25, -0.2) is 0 Å². The molecule has 0 radical (unpaired) electrons. The van der Waals surface area contributed by atoms with E-state index in [0.717, 1.165) is 0 Å². The fourth-order valence-corrected chi connectivity index (χ4v) is 1.62. The molecule has 0 aliphatic heterocycles. The molecule has 0 saturated heterocycles. The highest BCUT2D eigenvalue weighted by Gasteiger charge is 2.11. The Kier molecular flexibility index (Phi) is 3.75. The summed E-state index contributed by atoms with van der Waals surface area (Å²) in [5.41, 5.74) is 0.580. The molecule has 0 aliphatic rings. The maximum atomic E-state index is 11.9. The van der Waals surface area contributed by atoms with Gasteiger partial charge >= 0.3 is 0 Å². The van der Waals surface area contributed by atoms with Crippen molar-refractivity contribution in [3.8, 4) is 5.69 Å². The highest BCUT2D eigenvalue weighted by atomic mass is 16.2. The lowest BCUT2D eigenvalue weighted by molar-refractivity contribution is 0.0936. The van der Waals surface area contributed by atoms with Crippen molar-refractivity contribution < 1.29 is 4.79 Å². The third-order valence-electron chi connectivity index (χ3n) is 2.45. The van der Waals surface area contributed by atoms with E-state index >= 15 is 0 Å². The molecule has 98 valence electrons. The number of aromatic nitrogens is 2. The molecule has 1 heterocycles. The van der Waals surface area contributed by atoms with Crippen LogP contribution in [0.15, 0.2) is 47.3 Å². The molecule has 1 N–H and O–H groups in total. The highest BCUT2D eigenvalue weighted by Crippen LogP contribution is 2.02. The second-order valence-corrected chi connectivity index (χ2v) is 4.43. The molecule has 2 rings (SSSR count). The third-order valence-corrected chi connectivity index (χ3v) is 2.45. The van der Waals surface area contributed by atoms with Gasteiger partial charge in [-0.3, -0.25) is 9.59 Å². The number of benzene rings is 1. The van der Waals surface area contributed by atoms with Crippen LogP contribution in [0, 0.1) is 0 Å². The number of nitrogens with zero attached hydrogens (tertiary/aromatic N) is 2. The minimum atomic E-state index is -0.292. The third kappa shape index (κ3) is 3.07. The first-order chi connectivity index (χ1) is 9.08. The van der Waals surface area contributed by atoms with Crippen LogP contribution in [0.5, 0.6) is 0 Å². The first kappa shape index (κ1) is 13.0. The summed E-state index contributed by atoms with van der Waals surface area (Å²) in [7, 11) is 0. The van der Waals surface area contributed by atoms with Gasteiger partial charge in [-0.05, 0) is 32.0 Å². The summed E-state index contributed by atoms with van der Waals surface area (Å²) >= 11 is 0. The van der Waals surface area contributed by atoms with Gasteiger partial charge in [-0.1, -0.05) is 18.2 Å². The summed E-state index contributed by atoms with van der Waals surface area (Å²) in [6.45, 7) is 3.73. The molecule has 0 fully saturated rings. The van der Waals surface area contributed by atoms with Crippen LogP contribution in [-0.2, 0) is 0 Å². The lowest BCUT2D eigenvalue weighted by atomic mass is 10.3. The molecule has 5 heteroatoms. The lowest BCUT2D eigenvalue weighted by Crippen LogP contribution is -2.33. The van der Waals surface area contributed by atoms with Crippen molar-refractivity contribution in [2.75, 3.05) is 0 Å². The molecule has 0 atom stereocenters. The summed E-state index contributed by atoms with van der Waals surface area (Å²) < 4.78 is 1.22. The number of carbonyl (C=O) groups is 1. The van der Waals surface area contributed by atoms with Gasteiger partial charge in [0.15, 0.2) is 0 Å². The van der Waals surface area contributed by atoms with E-state index in [1.807, 2.05) is 32.0 Å². The average Bonchev–Trinajstić information content (AvgIpc) is 2.39. The van der Waals surface area contributed by atoms with Gasteiger partial charge < -0.3 is 5.32 Å². The van der Waals surface area contributed by atoms with Crippen molar-refractivity contribution in [3.63, 3.8) is 0 Å². The highest BCUT2D eigenvalue weighted by molar-refractivity contribution is 5.92. The normalized spacial score (nSPS) is 10.5. The molecule has 0 aliphatic carbocycles. The topological polar surface area (TPSA) is 64.0 Å². The maximum Gasteiger partial charge on any atom is 0.271 e. The van der Waals surface area contributed by atoms with Crippen LogP contribution in [0.3, 0.4) is 0 Å². The van der Waals surface area contributed by atoms with Crippen LogP contribution < -0.4 is 10.9 Å². The Balaban J connectivity index is 2.41. The van der Waals surface area contributed by atoms with Crippen molar-refractivity contribution in [2.45, 2.75) is 19.9 Å². The predicted molar refractivity (Wildman–Crippen MR) is 72.4 cm³/mol. The Morgan fingerprint density at radius 1 is 1.16 bits per heavy atom. The van der Waals surface area contributed by atoms with Gasteiger partial charge in [0.05, 0.1) is 5.69 Å². The fraction of sp³-hybridized carbons (Fsp3) is 0.214. The smallest absolute Gasteiger partial charge is 0.271 e.